The van der Waals surface area contributed by atoms with Gasteiger partial charge >= 0.3 is 5.97 Å². The van der Waals surface area contributed by atoms with Crippen LogP contribution in [0.3, 0.4) is 0 Å². The summed E-state index contributed by atoms with van der Waals surface area (Å²) in [5.74, 6) is 1.26. The molecule has 8 nitrogen and oxygen atoms in total. The van der Waals surface area contributed by atoms with E-state index in [0.29, 0.717) is 35.2 Å². The van der Waals surface area contributed by atoms with E-state index in [9.17, 15) is 9.59 Å². The lowest BCUT2D eigenvalue weighted by Crippen LogP contribution is -2.39. The number of benzene rings is 1. The molecule has 1 atom stereocenters. The van der Waals surface area contributed by atoms with Gasteiger partial charge in [0.05, 0.1) is 38.0 Å². The second kappa shape index (κ2) is 9.97. The number of rotatable bonds is 8. The van der Waals surface area contributed by atoms with Gasteiger partial charge in [0.1, 0.15) is 5.60 Å². The molecule has 0 aromatic heterocycles. The van der Waals surface area contributed by atoms with Gasteiger partial charge in [-0.15, -0.1) is 0 Å². The van der Waals surface area contributed by atoms with E-state index in [1.807, 2.05) is 56.2 Å². The Morgan fingerprint density at radius 1 is 1.17 bits per heavy atom. The molecule has 35 heavy (non-hydrogen) atoms. The first-order valence-corrected chi connectivity index (χ1v) is 12.7. The zero-order valence-corrected chi connectivity index (χ0v) is 22.0. The SMILES string of the molecule is COc1ccc([C@H]2C(C(=O)OC(C)(C)C)=C(C)N=C3SC=C(CC(=O)NCC4CC4)N32)cc1OC. The molecule has 4 rings (SSSR count). The fourth-order valence-electron chi connectivity index (χ4n) is 4.11. The van der Waals surface area contributed by atoms with Crippen molar-refractivity contribution in [2.24, 2.45) is 10.9 Å². The Bertz CT molecular complexity index is 1110. The van der Waals surface area contributed by atoms with Gasteiger partial charge in [0, 0.05) is 12.2 Å². The summed E-state index contributed by atoms with van der Waals surface area (Å²) in [5.41, 5.74) is 1.95. The van der Waals surface area contributed by atoms with E-state index in [2.05, 4.69) is 5.32 Å². The highest BCUT2D eigenvalue weighted by Crippen LogP contribution is 2.46. The molecule has 1 saturated carbocycles. The number of thioether (sulfide) groups is 1. The van der Waals surface area contributed by atoms with Crippen LogP contribution in [0.2, 0.25) is 0 Å². The molecule has 1 aromatic carbocycles. The minimum atomic E-state index is -0.669. The topological polar surface area (TPSA) is 89.5 Å². The summed E-state index contributed by atoms with van der Waals surface area (Å²) < 4.78 is 16.7. The van der Waals surface area contributed by atoms with Gasteiger partial charge in [-0.05, 0) is 69.6 Å². The Labute approximate surface area is 210 Å². The van der Waals surface area contributed by atoms with Crippen molar-refractivity contribution in [3.8, 4) is 11.5 Å². The van der Waals surface area contributed by atoms with E-state index in [0.717, 1.165) is 16.4 Å². The van der Waals surface area contributed by atoms with Crippen molar-refractivity contribution in [1.29, 1.82) is 0 Å². The van der Waals surface area contributed by atoms with Gasteiger partial charge in [0.2, 0.25) is 5.91 Å². The molecule has 0 spiro atoms. The molecule has 1 aliphatic carbocycles. The first-order valence-electron chi connectivity index (χ1n) is 11.8. The number of aliphatic imine (C=N–C) groups is 1. The van der Waals surface area contributed by atoms with Crippen molar-refractivity contribution >= 4 is 28.8 Å². The molecule has 3 aliphatic rings. The Kier molecular flexibility index (Phi) is 7.17. The zero-order valence-electron chi connectivity index (χ0n) is 21.1. The van der Waals surface area contributed by atoms with Gasteiger partial charge in [-0.25, -0.2) is 9.79 Å². The van der Waals surface area contributed by atoms with Crippen molar-refractivity contribution in [1.82, 2.24) is 10.2 Å². The number of nitrogens with one attached hydrogen (secondary N) is 1. The summed E-state index contributed by atoms with van der Waals surface area (Å²) in [5, 5.41) is 5.69. The molecule has 1 amide bonds. The molecule has 1 aromatic rings. The van der Waals surface area contributed by atoms with Crippen molar-refractivity contribution in [2.75, 3.05) is 20.8 Å². The Morgan fingerprint density at radius 2 is 1.89 bits per heavy atom. The molecule has 2 aliphatic heterocycles. The van der Waals surface area contributed by atoms with E-state index < -0.39 is 17.6 Å². The highest BCUT2D eigenvalue weighted by atomic mass is 32.2. The predicted molar refractivity (Wildman–Crippen MR) is 136 cm³/mol. The molecule has 0 radical (unpaired) electrons. The van der Waals surface area contributed by atoms with Crippen molar-refractivity contribution in [2.45, 2.75) is 58.6 Å². The van der Waals surface area contributed by atoms with Crippen LogP contribution in [0.25, 0.3) is 0 Å². The number of hydrogen-bond donors (Lipinski definition) is 1. The van der Waals surface area contributed by atoms with Gasteiger partial charge in [-0.2, -0.15) is 0 Å². The molecule has 0 saturated heterocycles. The first-order chi connectivity index (χ1) is 16.6. The number of amidine groups is 1. The van der Waals surface area contributed by atoms with Crippen LogP contribution < -0.4 is 14.8 Å². The van der Waals surface area contributed by atoms with Crippen molar-refractivity contribution in [3.63, 3.8) is 0 Å². The number of ether oxygens (including phenoxy) is 3. The zero-order chi connectivity index (χ0) is 25.3. The Hall–Kier alpha value is -2.94. The summed E-state index contributed by atoms with van der Waals surface area (Å²) >= 11 is 1.45. The lowest BCUT2D eigenvalue weighted by atomic mass is 9.93. The highest BCUT2D eigenvalue weighted by molar-refractivity contribution is 8.16. The van der Waals surface area contributed by atoms with E-state index >= 15 is 0 Å². The number of carbonyl (C=O) groups excluding carboxylic acids is 2. The summed E-state index contributed by atoms with van der Waals surface area (Å²) in [4.78, 5) is 32.9. The maximum absolute atomic E-state index is 13.4. The van der Waals surface area contributed by atoms with Crippen LogP contribution in [-0.2, 0) is 14.3 Å². The number of amides is 1. The minimum Gasteiger partial charge on any atom is -0.493 e. The number of nitrogens with zero attached hydrogens (tertiary/aromatic N) is 2. The molecule has 2 heterocycles. The third-order valence-corrected chi connectivity index (χ3v) is 6.86. The van der Waals surface area contributed by atoms with Crippen LogP contribution in [-0.4, -0.2) is 48.3 Å². The molecule has 9 heteroatoms. The number of carbonyl (C=O) groups is 2. The van der Waals surface area contributed by atoms with Crippen LogP contribution in [0.15, 0.2) is 45.6 Å². The summed E-state index contributed by atoms with van der Waals surface area (Å²) in [6.45, 7) is 8.04. The Balaban J connectivity index is 1.72. The maximum Gasteiger partial charge on any atom is 0.338 e. The Morgan fingerprint density at radius 3 is 2.51 bits per heavy atom. The maximum atomic E-state index is 13.4. The number of esters is 1. The summed E-state index contributed by atoms with van der Waals surface area (Å²) in [6, 6.07) is 5.05. The third kappa shape index (κ3) is 5.66. The monoisotopic (exact) mass is 499 g/mol. The first kappa shape index (κ1) is 25.2. The average molecular weight is 500 g/mol. The van der Waals surface area contributed by atoms with Crippen LogP contribution in [0.4, 0.5) is 0 Å². The fourth-order valence-corrected chi connectivity index (χ4v) is 5.07. The quantitative estimate of drug-likeness (QED) is 0.526. The molecule has 188 valence electrons. The van der Waals surface area contributed by atoms with E-state index in [1.165, 1.54) is 24.6 Å². The number of fused-ring (bicyclic) bond motifs is 1. The molecule has 0 unspecified atom stereocenters. The standard InChI is InChI=1S/C26H33N3O5S/c1-15-22(24(31)34-26(2,3)4)23(17-9-10-19(32-5)20(11-17)33-6)29-18(14-35-25(29)28-15)12-21(30)27-13-16-7-8-16/h9-11,14,16,23H,7-8,12-13H2,1-6H3,(H,27,30)/t23-/m0/s1. The van der Waals surface area contributed by atoms with Gasteiger partial charge in [-0.1, -0.05) is 17.8 Å². The largest absolute Gasteiger partial charge is 0.493 e. The van der Waals surface area contributed by atoms with Gasteiger partial charge < -0.3 is 24.4 Å². The highest BCUT2D eigenvalue weighted by Gasteiger charge is 2.42. The molecule has 0 bridgehead atoms. The lowest BCUT2D eigenvalue weighted by molar-refractivity contribution is -0.150. The smallest absolute Gasteiger partial charge is 0.338 e. The normalized spacial score (nSPS) is 19.6. The molecule has 1 N–H and O–H groups in total. The predicted octanol–water partition coefficient (Wildman–Crippen LogP) is 4.54. The second-order valence-corrected chi connectivity index (χ2v) is 10.8. The van der Waals surface area contributed by atoms with E-state index in [-0.39, 0.29) is 12.3 Å². The summed E-state index contributed by atoms with van der Waals surface area (Å²) in [7, 11) is 3.16. The van der Waals surface area contributed by atoms with Crippen LogP contribution in [0.1, 0.15) is 58.6 Å². The van der Waals surface area contributed by atoms with Gasteiger partial charge in [0.15, 0.2) is 16.7 Å². The molecular formula is C26H33N3O5S. The average Bonchev–Trinajstić information content (AvgIpc) is 3.55. The molecular weight excluding hydrogens is 466 g/mol. The minimum absolute atomic E-state index is 0.0406. The van der Waals surface area contributed by atoms with Crippen LogP contribution in [0.5, 0.6) is 11.5 Å². The number of hydrogen-bond acceptors (Lipinski definition) is 8. The van der Waals surface area contributed by atoms with E-state index in [1.54, 1.807) is 14.2 Å². The lowest BCUT2D eigenvalue weighted by Gasteiger charge is -2.37. The van der Waals surface area contributed by atoms with Gasteiger partial charge in [-0.3, -0.25) is 4.79 Å². The third-order valence-electron chi connectivity index (χ3n) is 5.97. The number of allylic oxidation sites excluding steroid dienone is 1. The van der Waals surface area contributed by atoms with Crippen LogP contribution in [0, 0.1) is 5.92 Å². The van der Waals surface area contributed by atoms with Crippen molar-refractivity contribution < 1.29 is 23.8 Å². The summed E-state index contributed by atoms with van der Waals surface area (Å²) in [6.07, 6.45) is 2.54. The fraction of sp³-hybridized carbons (Fsp3) is 0.500. The second-order valence-electron chi connectivity index (χ2n) is 9.93. The number of methoxy groups -OCH3 is 2. The van der Waals surface area contributed by atoms with Gasteiger partial charge in [0.25, 0.3) is 0 Å². The van der Waals surface area contributed by atoms with E-state index in [4.69, 9.17) is 19.2 Å². The van der Waals surface area contributed by atoms with Crippen molar-refractivity contribution in [3.05, 3.63) is 46.1 Å². The molecule has 1 fully saturated rings. The van der Waals surface area contributed by atoms with Crippen LogP contribution >= 0.6 is 11.8 Å².